The Hall–Kier alpha value is -1.42. The van der Waals surface area contributed by atoms with E-state index in [2.05, 4.69) is 0 Å². The third-order valence-electron chi connectivity index (χ3n) is 2.34. The predicted molar refractivity (Wildman–Crippen MR) is 58.4 cm³/mol. The van der Waals surface area contributed by atoms with Gasteiger partial charge in [0.25, 0.3) is 0 Å². The van der Waals surface area contributed by atoms with E-state index in [0.717, 1.165) is 6.07 Å². The number of nitrogen functional groups attached to an aromatic ring is 1. The summed E-state index contributed by atoms with van der Waals surface area (Å²) >= 11 is 5.78. The van der Waals surface area contributed by atoms with Crippen LogP contribution in [0, 0.1) is 0 Å². The van der Waals surface area contributed by atoms with Gasteiger partial charge in [-0.1, -0.05) is 35.9 Å². The van der Waals surface area contributed by atoms with Crippen LogP contribution < -0.4 is 5.73 Å². The zero-order valence-corrected chi connectivity index (χ0v) is 8.73. The van der Waals surface area contributed by atoms with Crippen LogP contribution in [0.2, 0.25) is 5.02 Å². The first kappa shape index (κ1) is 11.1. The van der Waals surface area contributed by atoms with Gasteiger partial charge >= 0.3 is 6.18 Å². The molecule has 0 aromatic heterocycles. The van der Waals surface area contributed by atoms with Crippen molar-refractivity contribution in [2.45, 2.75) is 6.18 Å². The molecule has 5 heteroatoms. The average molecular weight is 246 g/mol. The molecule has 0 amide bonds. The molecule has 0 atom stereocenters. The van der Waals surface area contributed by atoms with Crippen molar-refractivity contribution in [1.29, 1.82) is 0 Å². The lowest BCUT2D eigenvalue weighted by Crippen LogP contribution is -2.09. The molecule has 0 spiro atoms. The molecule has 2 rings (SSSR count). The van der Waals surface area contributed by atoms with Crippen molar-refractivity contribution in [3.63, 3.8) is 0 Å². The first-order chi connectivity index (χ1) is 7.41. The van der Waals surface area contributed by atoms with Crippen molar-refractivity contribution in [3.8, 4) is 0 Å². The summed E-state index contributed by atoms with van der Waals surface area (Å²) in [5.74, 6) is 0. The van der Waals surface area contributed by atoms with Crippen molar-refractivity contribution in [3.05, 3.63) is 40.9 Å². The van der Waals surface area contributed by atoms with E-state index in [1.165, 1.54) is 6.07 Å². The van der Waals surface area contributed by atoms with Crippen LogP contribution in [-0.4, -0.2) is 0 Å². The minimum absolute atomic E-state index is 0.0529. The summed E-state index contributed by atoms with van der Waals surface area (Å²) in [6.07, 6.45) is -4.49. The van der Waals surface area contributed by atoms with Gasteiger partial charge in [-0.25, -0.2) is 0 Å². The minimum atomic E-state index is -4.49. The molecule has 0 fully saturated rings. The predicted octanol–water partition coefficient (Wildman–Crippen LogP) is 4.09. The van der Waals surface area contributed by atoms with E-state index in [0.29, 0.717) is 10.8 Å². The number of alkyl halides is 3. The quantitative estimate of drug-likeness (QED) is 0.695. The Morgan fingerprint density at radius 2 is 1.62 bits per heavy atom. The summed E-state index contributed by atoms with van der Waals surface area (Å²) in [7, 11) is 0. The molecule has 16 heavy (non-hydrogen) atoms. The van der Waals surface area contributed by atoms with Gasteiger partial charge in [-0.05, 0) is 6.07 Å². The molecule has 0 aliphatic heterocycles. The highest BCUT2D eigenvalue weighted by atomic mass is 35.5. The Balaban J connectivity index is 2.86. The second-order valence-electron chi connectivity index (χ2n) is 3.36. The zero-order chi connectivity index (χ0) is 11.9. The van der Waals surface area contributed by atoms with Gasteiger partial charge in [0.05, 0.1) is 11.3 Å². The van der Waals surface area contributed by atoms with Crippen molar-refractivity contribution >= 4 is 28.1 Å². The van der Waals surface area contributed by atoms with Crippen molar-refractivity contribution in [1.82, 2.24) is 0 Å². The molecule has 0 aliphatic rings. The SMILES string of the molecule is Nc1c(C(F)(F)F)cc(Cl)c2ccccc12. The molecular formula is C11H7ClF3N. The topological polar surface area (TPSA) is 26.0 Å². The van der Waals surface area contributed by atoms with Crippen molar-refractivity contribution in [2.24, 2.45) is 0 Å². The monoisotopic (exact) mass is 245 g/mol. The Morgan fingerprint density at radius 3 is 2.19 bits per heavy atom. The van der Waals surface area contributed by atoms with Gasteiger partial charge in [-0.3, -0.25) is 0 Å². The number of benzene rings is 2. The molecule has 2 aromatic rings. The second kappa shape index (κ2) is 3.56. The maximum Gasteiger partial charge on any atom is 0.418 e. The number of nitrogens with two attached hydrogens (primary N) is 1. The fraction of sp³-hybridized carbons (Fsp3) is 0.0909. The van der Waals surface area contributed by atoms with E-state index < -0.39 is 11.7 Å². The molecule has 0 heterocycles. The Kier molecular flexibility index (Phi) is 2.46. The van der Waals surface area contributed by atoms with Gasteiger partial charge in [0.2, 0.25) is 0 Å². The van der Waals surface area contributed by atoms with Crippen LogP contribution in [0.3, 0.4) is 0 Å². The number of hydrogen-bond acceptors (Lipinski definition) is 1. The Bertz CT molecular complexity index is 549. The fourth-order valence-electron chi connectivity index (χ4n) is 1.59. The Labute approximate surface area is 94.6 Å². The molecule has 2 N–H and O–H groups in total. The lowest BCUT2D eigenvalue weighted by Gasteiger charge is -2.13. The number of rotatable bonds is 0. The lowest BCUT2D eigenvalue weighted by molar-refractivity contribution is -0.136. The Morgan fingerprint density at radius 1 is 1.06 bits per heavy atom. The van der Waals surface area contributed by atoms with Crippen molar-refractivity contribution < 1.29 is 13.2 Å². The standard InChI is InChI=1S/C11H7ClF3N/c12-9-5-8(11(13,14)15)10(16)7-4-2-1-3-6(7)9/h1-5H,16H2. The minimum Gasteiger partial charge on any atom is -0.398 e. The fourth-order valence-corrected chi connectivity index (χ4v) is 1.86. The molecule has 84 valence electrons. The van der Waals surface area contributed by atoms with Crippen LogP contribution in [-0.2, 0) is 6.18 Å². The number of fused-ring (bicyclic) bond motifs is 1. The molecular weight excluding hydrogens is 239 g/mol. The smallest absolute Gasteiger partial charge is 0.398 e. The largest absolute Gasteiger partial charge is 0.418 e. The van der Waals surface area contributed by atoms with E-state index >= 15 is 0 Å². The van der Waals surface area contributed by atoms with E-state index in [1.54, 1.807) is 18.2 Å². The third kappa shape index (κ3) is 1.69. The second-order valence-corrected chi connectivity index (χ2v) is 3.77. The first-order valence-corrected chi connectivity index (χ1v) is 4.83. The molecule has 0 radical (unpaired) electrons. The van der Waals surface area contributed by atoms with Crippen LogP contribution >= 0.6 is 11.6 Å². The lowest BCUT2D eigenvalue weighted by atomic mass is 10.0. The maximum atomic E-state index is 12.6. The molecule has 1 nitrogen and oxygen atoms in total. The first-order valence-electron chi connectivity index (χ1n) is 4.45. The highest BCUT2D eigenvalue weighted by Gasteiger charge is 2.34. The summed E-state index contributed by atoms with van der Waals surface area (Å²) in [6, 6.07) is 7.33. The van der Waals surface area contributed by atoms with Gasteiger partial charge in [-0.15, -0.1) is 0 Å². The van der Waals surface area contributed by atoms with Gasteiger partial charge < -0.3 is 5.73 Å². The molecule has 0 saturated heterocycles. The zero-order valence-electron chi connectivity index (χ0n) is 7.98. The van der Waals surface area contributed by atoms with Crippen molar-refractivity contribution in [2.75, 3.05) is 5.73 Å². The number of halogens is 4. The van der Waals surface area contributed by atoms with Gasteiger partial charge in [0, 0.05) is 15.8 Å². The van der Waals surface area contributed by atoms with E-state index in [9.17, 15) is 13.2 Å². The van der Waals surface area contributed by atoms with E-state index in [-0.39, 0.29) is 10.7 Å². The molecule has 2 aromatic carbocycles. The summed E-state index contributed by atoms with van der Waals surface area (Å²) in [5.41, 5.74) is 4.32. The summed E-state index contributed by atoms with van der Waals surface area (Å²) in [5, 5.41) is 0.897. The molecule has 0 aliphatic carbocycles. The van der Waals surface area contributed by atoms with Gasteiger partial charge in [0.1, 0.15) is 0 Å². The van der Waals surface area contributed by atoms with Crippen LogP contribution in [0.5, 0.6) is 0 Å². The van der Waals surface area contributed by atoms with E-state index in [4.69, 9.17) is 17.3 Å². The molecule has 0 saturated carbocycles. The van der Waals surface area contributed by atoms with Crippen LogP contribution in [0.1, 0.15) is 5.56 Å². The highest BCUT2D eigenvalue weighted by Crippen LogP contribution is 2.40. The number of anilines is 1. The molecule has 0 bridgehead atoms. The van der Waals surface area contributed by atoms with Crippen LogP contribution in [0.4, 0.5) is 18.9 Å². The average Bonchev–Trinajstić information content (AvgIpc) is 2.22. The summed E-state index contributed by atoms with van der Waals surface area (Å²) in [6.45, 7) is 0. The summed E-state index contributed by atoms with van der Waals surface area (Å²) in [4.78, 5) is 0. The van der Waals surface area contributed by atoms with Gasteiger partial charge in [0.15, 0.2) is 0 Å². The normalized spacial score (nSPS) is 12.0. The molecule has 0 unspecified atom stereocenters. The summed E-state index contributed by atoms with van der Waals surface area (Å²) < 4.78 is 37.9. The van der Waals surface area contributed by atoms with Crippen LogP contribution in [0.15, 0.2) is 30.3 Å². The maximum absolute atomic E-state index is 12.6. The van der Waals surface area contributed by atoms with Crippen LogP contribution in [0.25, 0.3) is 10.8 Å². The van der Waals surface area contributed by atoms with E-state index in [1.807, 2.05) is 0 Å². The highest BCUT2D eigenvalue weighted by molar-refractivity contribution is 6.36. The van der Waals surface area contributed by atoms with Gasteiger partial charge in [-0.2, -0.15) is 13.2 Å². The third-order valence-corrected chi connectivity index (χ3v) is 2.65. The number of hydrogen-bond donors (Lipinski definition) is 1.